The molecule has 1 unspecified atom stereocenters. The quantitative estimate of drug-likeness (QED) is 0.610. The Labute approximate surface area is 118 Å². The lowest BCUT2D eigenvalue weighted by atomic mass is 10.1. The molecule has 20 heavy (non-hydrogen) atoms. The van der Waals surface area contributed by atoms with Gasteiger partial charge in [-0.25, -0.2) is 0 Å². The first-order chi connectivity index (χ1) is 9.70. The minimum absolute atomic E-state index is 0.0231. The van der Waals surface area contributed by atoms with Gasteiger partial charge in [-0.15, -0.1) is 0 Å². The maximum absolute atomic E-state index is 12.0. The minimum atomic E-state index is -0.215. The molecule has 1 aromatic rings. The predicted octanol–water partition coefficient (Wildman–Crippen LogP) is 1.48. The molecule has 0 saturated heterocycles. The number of para-hydroxylation sites is 1. The molecule has 1 heterocycles. The van der Waals surface area contributed by atoms with Crippen molar-refractivity contribution in [1.82, 2.24) is 5.32 Å². The van der Waals surface area contributed by atoms with Gasteiger partial charge in [-0.2, -0.15) is 0 Å². The maximum Gasteiger partial charge on any atom is 0.305 e. The van der Waals surface area contributed by atoms with E-state index in [0.717, 1.165) is 5.69 Å². The fourth-order valence-electron chi connectivity index (χ4n) is 2.26. The number of rotatable bonds is 6. The van der Waals surface area contributed by atoms with Crippen molar-refractivity contribution in [2.75, 3.05) is 18.5 Å². The smallest absolute Gasteiger partial charge is 0.305 e. The lowest BCUT2D eigenvalue weighted by Crippen LogP contribution is -2.38. The highest BCUT2D eigenvalue weighted by molar-refractivity contribution is 5.87. The number of nitrogens with one attached hydrogen (secondary N) is 2. The summed E-state index contributed by atoms with van der Waals surface area (Å²) in [6, 6.07) is 7.71. The summed E-state index contributed by atoms with van der Waals surface area (Å²) < 4.78 is 4.83. The summed E-state index contributed by atoms with van der Waals surface area (Å²) in [5, 5.41) is 6.05. The van der Waals surface area contributed by atoms with Crippen LogP contribution in [0.5, 0.6) is 0 Å². The van der Waals surface area contributed by atoms with Crippen molar-refractivity contribution >= 4 is 17.6 Å². The number of amides is 1. The number of carbonyl (C=O) groups is 2. The third-order valence-corrected chi connectivity index (χ3v) is 3.25. The standard InChI is InChI=1S/C15H20N2O3/c1-2-20-14(18)8-5-9-16-15(19)13-10-11-6-3-4-7-12(11)17-13/h3-4,6-7,13,17H,2,5,8-10H2,1H3,(H,16,19). The highest BCUT2D eigenvalue weighted by atomic mass is 16.5. The van der Waals surface area contributed by atoms with Gasteiger partial charge in [0.05, 0.1) is 6.61 Å². The fraction of sp³-hybridized carbons (Fsp3) is 0.467. The van der Waals surface area contributed by atoms with Crippen LogP contribution in [-0.2, 0) is 20.7 Å². The predicted molar refractivity (Wildman–Crippen MR) is 76.4 cm³/mol. The summed E-state index contributed by atoms with van der Waals surface area (Å²) in [7, 11) is 0. The summed E-state index contributed by atoms with van der Waals surface area (Å²) in [5.41, 5.74) is 2.19. The zero-order valence-corrected chi connectivity index (χ0v) is 11.6. The van der Waals surface area contributed by atoms with Gasteiger partial charge < -0.3 is 15.4 Å². The fourth-order valence-corrected chi connectivity index (χ4v) is 2.26. The number of carbonyl (C=O) groups excluding carboxylic acids is 2. The molecular weight excluding hydrogens is 256 g/mol. The van der Waals surface area contributed by atoms with Crippen LogP contribution in [0, 0.1) is 0 Å². The molecule has 108 valence electrons. The Kier molecular flexibility index (Phi) is 4.98. The van der Waals surface area contributed by atoms with E-state index < -0.39 is 0 Å². The third kappa shape index (κ3) is 3.73. The molecule has 0 aromatic heterocycles. The van der Waals surface area contributed by atoms with Crippen molar-refractivity contribution < 1.29 is 14.3 Å². The van der Waals surface area contributed by atoms with Gasteiger partial charge in [0.1, 0.15) is 6.04 Å². The number of fused-ring (bicyclic) bond motifs is 1. The molecule has 1 aliphatic heterocycles. The summed E-state index contributed by atoms with van der Waals surface area (Å²) in [6.45, 7) is 2.67. The molecule has 0 bridgehead atoms. The first-order valence-electron chi connectivity index (χ1n) is 6.98. The van der Waals surface area contributed by atoms with Gasteiger partial charge >= 0.3 is 5.97 Å². The lowest BCUT2D eigenvalue weighted by Gasteiger charge is -2.11. The molecule has 0 spiro atoms. The van der Waals surface area contributed by atoms with E-state index in [1.165, 1.54) is 5.56 Å². The van der Waals surface area contributed by atoms with Gasteiger partial charge in [-0.05, 0) is 25.0 Å². The number of benzene rings is 1. The highest BCUT2D eigenvalue weighted by Crippen LogP contribution is 2.24. The van der Waals surface area contributed by atoms with E-state index in [1.807, 2.05) is 24.3 Å². The van der Waals surface area contributed by atoms with Crippen LogP contribution in [0.3, 0.4) is 0 Å². The molecule has 2 N–H and O–H groups in total. The van der Waals surface area contributed by atoms with Crippen LogP contribution in [0.25, 0.3) is 0 Å². The molecular formula is C15H20N2O3. The molecule has 0 radical (unpaired) electrons. The van der Waals surface area contributed by atoms with Crippen LogP contribution in [0.15, 0.2) is 24.3 Å². The summed E-state index contributed by atoms with van der Waals surface area (Å²) in [4.78, 5) is 23.1. The van der Waals surface area contributed by atoms with Crippen LogP contribution in [0.2, 0.25) is 0 Å². The molecule has 1 aliphatic rings. The lowest BCUT2D eigenvalue weighted by molar-refractivity contribution is -0.143. The molecule has 5 nitrogen and oxygen atoms in total. The van der Waals surface area contributed by atoms with Gasteiger partial charge in [-0.1, -0.05) is 18.2 Å². The molecule has 1 atom stereocenters. The van der Waals surface area contributed by atoms with Crippen LogP contribution < -0.4 is 10.6 Å². The van der Waals surface area contributed by atoms with E-state index in [-0.39, 0.29) is 17.9 Å². The van der Waals surface area contributed by atoms with Crippen molar-refractivity contribution in [2.45, 2.75) is 32.2 Å². The Morgan fingerprint density at radius 2 is 2.20 bits per heavy atom. The van der Waals surface area contributed by atoms with Crippen molar-refractivity contribution in [3.05, 3.63) is 29.8 Å². The molecule has 2 rings (SSSR count). The van der Waals surface area contributed by atoms with Crippen molar-refractivity contribution in [3.63, 3.8) is 0 Å². The van der Waals surface area contributed by atoms with Gasteiger partial charge in [0, 0.05) is 25.1 Å². The van der Waals surface area contributed by atoms with Crippen LogP contribution in [0.1, 0.15) is 25.3 Å². The van der Waals surface area contributed by atoms with Crippen molar-refractivity contribution in [2.24, 2.45) is 0 Å². The van der Waals surface area contributed by atoms with Crippen molar-refractivity contribution in [1.29, 1.82) is 0 Å². The summed E-state index contributed by atoms with van der Waals surface area (Å²) in [5.74, 6) is -0.238. The van der Waals surface area contributed by atoms with Gasteiger partial charge in [0.25, 0.3) is 0 Å². The Hall–Kier alpha value is -2.04. The molecule has 1 amide bonds. The number of hydrogen-bond acceptors (Lipinski definition) is 4. The zero-order chi connectivity index (χ0) is 14.4. The van der Waals surface area contributed by atoms with Gasteiger partial charge in [0.2, 0.25) is 5.91 Å². The van der Waals surface area contributed by atoms with Crippen molar-refractivity contribution in [3.8, 4) is 0 Å². The average molecular weight is 276 g/mol. The number of ether oxygens (including phenoxy) is 1. The summed E-state index contributed by atoms with van der Waals surface area (Å²) >= 11 is 0. The summed E-state index contributed by atoms with van der Waals surface area (Å²) in [6.07, 6.45) is 1.65. The first-order valence-corrected chi connectivity index (χ1v) is 6.98. The second-order valence-electron chi connectivity index (χ2n) is 4.76. The topological polar surface area (TPSA) is 67.4 Å². The van der Waals surface area contributed by atoms with E-state index in [9.17, 15) is 9.59 Å². The largest absolute Gasteiger partial charge is 0.466 e. The number of esters is 1. The van der Waals surface area contributed by atoms with E-state index in [0.29, 0.717) is 32.4 Å². The molecule has 1 aromatic carbocycles. The van der Waals surface area contributed by atoms with E-state index in [4.69, 9.17) is 4.74 Å². The Morgan fingerprint density at radius 3 is 2.95 bits per heavy atom. The van der Waals surface area contributed by atoms with Gasteiger partial charge in [-0.3, -0.25) is 9.59 Å². The average Bonchev–Trinajstić information content (AvgIpc) is 2.87. The molecule has 0 saturated carbocycles. The van der Waals surface area contributed by atoms with E-state index in [2.05, 4.69) is 10.6 Å². The third-order valence-electron chi connectivity index (χ3n) is 3.25. The van der Waals surface area contributed by atoms with Crippen LogP contribution in [0.4, 0.5) is 5.69 Å². The number of anilines is 1. The second-order valence-corrected chi connectivity index (χ2v) is 4.76. The van der Waals surface area contributed by atoms with E-state index in [1.54, 1.807) is 6.92 Å². The molecule has 5 heteroatoms. The Morgan fingerprint density at radius 1 is 1.40 bits per heavy atom. The SMILES string of the molecule is CCOC(=O)CCCNC(=O)C1Cc2ccccc2N1. The monoisotopic (exact) mass is 276 g/mol. The maximum atomic E-state index is 12.0. The molecule has 0 aliphatic carbocycles. The zero-order valence-electron chi connectivity index (χ0n) is 11.6. The first kappa shape index (κ1) is 14.4. The second kappa shape index (κ2) is 6.93. The highest BCUT2D eigenvalue weighted by Gasteiger charge is 2.25. The van der Waals surface area contributed by atoms with E-state index >= 15 is 0 Å². The number of hydrogen-bond donors (Lipinski definition) is 2. The van der Waals surface area contributed by atoms with Crippen LogP contribution in [-0.4, -0.2) is 31.1 Å². The normalized spacial score (nSPS) is 16.1. The molecule has 0 fully saturated rings. The minimum Gasteiger partial charge on any atom is -0.466 e. The Bertz CT molecular complexity index is 463. The van der Waals surface area contributed by atoms with Crippen LogP contribution >= 0.6 is 0 Å². The van der Waals surface area contributed by atoms with Gasteiger partial charge in [0.15, 0.2) is 0 Å². The Balaban J connectivity index is 1.68.